The van der Waals surface area contributed by atoms with Crippen LogP contribution in [0, 0.1) is 13.8 Å². The van der Waals surface area contributed by atoms with Crippen LogP contribution in [0.2, 0.25) is 0 Å². The molecule has 0 spiro atoms. The Hall–Kier alpha value is -4.66. The summed E-state index contributed by atoms with van der Waals surface area (Å²) in [6.07, 6.45) is 0.446. The summed E-state index contributed by atoms with van der Waals surface area (Å²) in [7, 11) is 0. The molecular formula is C33H40N4O5. The summed E-state index contributed by atoms with van der Waals surface area (Å²) < 4.78 is 5.37. The van der Waals surface area contributed by atoms with Crippen molar-refractivity contribution in [2.24, 2.45) is 5.73 Å². The zero-order chi connectivity index (χ0) is 31.0. The summed E-state index contributed by atoms with van der Waals surface area (Å²) in [6.45, 7) is 12.7. The highest BCUT2D eigenvalue weighted by molar-refractivity contribution is 6.00. The number of anilines is 1. The third-order valence-electron chi connectivity index (χ3n) is 6.57. The van der Waals surface area contributed by atoms with E-state index in [1.54, 1.807) is 26.8 Å². The summed E-state index contributed by atoms with van der Waals surface area (Å²) in [5.41, 5.74) is 7.55. The van der Waals surface area contributed by atoms with Crippen LogP contribution in [0.1, 0.15) is 56.3 Å². The van der Waals surface area contributed by atoms with E-state index in [1.165, 1.54) is 11.0 Å². The van der Waals surface area contributed by atoms with E-state index in [0.717, 1.165) is 21.9 Å². The number of amides is 4. The molecule has 0 aliphatic rings. The smallest absolute Gasteiger partial charge is 0.408 e. The molecule has 0 saturated carbocycles. The number of rotatable bonds is 11. The number of aryl methyl sites for hydroxylation is 2. The van der Waals surface area contributed by atoms with Crippen molar-refractivity contribution in [2.75, 3.05) is 11.9 Å². The lowest BCUT2D eigenvalue weighted by Gasteiger charge is -2.34. The molecule has 3 aromatic carbocycles. The molecule has 0 saturated heterocycles. The van der Waals surface area contributed by atoms with Crippen LogP contribution in [0.5, 0.6) is 0 Å². The molecule has 0 aliphatic carbocycles. The second kappa shape index (κ2) is 13.8. The molecule has 4 N–H and O–H groups in total. The zero-order valence-electron chi connectivity index (χ0n) is 24.9. The minimum atomic E-state index is -1.19. The lowest BCUT2D eigenvalue weighted by Crippen LogP contribution is -2.52. The largest absolute Gasteiger partial charge is 0.444 e. The third kappa shape index (κ3) is 8.67. The molecule has 3 rings (SSSR count). The highest BCUT2D eigenvalue weighted by Crippen LogP contribution is 2.29. The zero-order valence-corrected chi connectivity index (χ0v) is 24.9. The minimum Gasteiger partial charge on any atom is -0.444 e. The Labute approximate surface area is 247 Å². The van der Waals surface area contributed by atoms with Gasteiger partial charge >= 0.3 is 6.09 Å². The Morgan fingerprint density at radius 2 is 1.69 bits per heavy atom. The fraction of sp³-hybridized carbons (Fsp3) is 0.333. The fourth-order valence-electron chi connectivity index (χ4n) is 4.72. The average Bonchev–Trinajstić information content (AvgIpc) is 2.90. The first kappa shape index (κ1) is 31.9. The number of primary amides is 1. The molecule has 3 aromatic rings. The van der Waals surface area contributed by atoms with Crippen molar-refractivity contribution in [3.8, 4) is 0 Å². The number of ether oxygens (including phenoxy) is 1. The van der Waals surface area contributed by atoms with Gasteiger partial charge in [-0.2, -0.15) is 0 Å². The lowest BCUT2D eigenvalue weighted by molar-refractivity contribution is -0.140. The van der Waals surface area contributed by atoms with Crippen molar-refractivity contribution in [1.29, 1.82) is 0 Å². The molecule has 222 valence electrons. The maximum Gasteiger partial charge on any atom is 0.408 e. The second-order valence-electron chi connectivity index (χ2n) is 11.3. The number of carbonyl (C=O) groups is 4. The molecule has 0 heterocycles. The Morgan fingerprint density at radius 1 is 1.00 bits per heavy atom. The van der Waals surface area contributed by atoms with Gasteiger partial charge in [-0.25, -0.2) is 4.79 Å². The maximum atomic E-state index is 14.1. The molecule has 0 radical (unpaired) electrons. The fourth-order valence-corrected chi connectivity index (χ4v) is 4.72. The summed E-state index contributed by atoms with van der Waals surface area (Å²) in [5.74, 6) is -1.66. The van der Waals surface area contributed by atoms with Crippen molar-refractivity contribution in [3.05, 3.63) is 90.0 Å². The van der Waals surface area contributed by atoms with Crippen molar-refractivity contribution in [3.63, 3.8) is 0 Å². The van der Waals surface area contributed by atoms with Gasteiger partial charge < -0.3 is 26.0 Å². The van der Waals surface area contributed by atoms with Gasteiger partial charge in [0.05, 0.1) is 0 Å². The summed E-state index contributed by atoms with van der Waals surface area (Å²) >= 11 is 0. The van der Waals surface area contributed by atoms with Gasteiger partial charge in [-0.05, 0) is 75.1 Å². The molecule has 0 bridgehead atoms. The van der Waals surface area contributed by atoms with Gasteiger partial charge in [0, 0.05) is 18.7 Å². The van der Waals surface area contributed by atoms with Crippen LogP contribution in [0.25, 0.3) is 10.8 Å². The molecule has 0 aliphatic heterocycles. The number of fused-ring (bicyclic) bond motifs is 1. The number of hydrogen-bond acceptors (Lipinski definition) is 5. The number of nitrogens with one attached hydrogen (secondary N) is 2. The van der Waals surface area contributed by atoms with E-state index in [2.05, 4.69) is 17.2 Å². The topological polar surface area (TPSA) is 131 Å². The standard InChI is InChI=1S/C33H40N4O5/c1-7-18-37(31(40)27(16-17-28(34)38)36-32(41)42-33(4,5)6)29(26-15-12-21(2)19-22(26)3)30(39)35-25-14-13-23-10-8-9-11-24(23)20-25/h7-15,19-20,27,29H,1,16-18H2,2-6H3,(H2,34,38)(H,35,39)(H,36,41). The van der Waals surface area contributed by atoms with Crippen LogP contribution in [0.4, 0.5) is 10.5 Å². The van der Waals surface area contributed by atoms with E-state index in [-0.39, 0.29) is 19.4 Å². The first-order valence-electron chi connectivity index (χ1n) is 13.8. The monoisotopic (exact) mass is 572 g/mol. The van der Waals surface area contributed by atoms with Gasteiger partial charge in [-0.1, -0.05) is 60.2 Å². The molecule has 4 amide bonds. The Balaban J connectivity index is 2.04. The molecule has 0 aromatic heterocycles. The average molecular weight is 573 g/mol. The predicted octanol–water partition coefficient (Wildman–Crippen LogP) is 5.31. The van der Waals surface area contributed by atoms with E-state index in [9.17, 15) is 19.2 Å². The van der Waals surface area contributed by atoms with Gasteiger partial charge in [0.25, 0.3) is 5.91 Å². The van der Waals surface area contributed by atoms with Crippen molar-refractivity contribution in [2.45, 2.75) is 65.1 Å². The van der Waals surface area contributed by atoms with E-state index in [1.807, 2.05) is 68.4 Å². The van der Waals surface area contributed by atoms with Gasteiger partial charge in [0.2, 0.25) is 11.8 Å². The normalized spacial score (nSPS) is 12.6. The summed E-state index contributed by atoms with van der Waals surface area (Å²) in [5, 5.41) is 7.53. The first-order valence-corrected chi connectivity index (χ1v) is 13.8. The predicted molar refractivity (Wildman–Crippen MR) is 165 cm³/mol. The number of carbonyl (C=O) groups excluding carboxylic acids is 4. The number of hydrogen-bond donors (Lipinski definition) is 3. The van der Waals surface area contributed by atoms with Crippen LogP contribution in [-0.4, -0.2) is 46.9 Å². The molecule has 42 heavy (non-hydrogen) atoms. The number of benzene rings is 3. The number of nitrogens with two attached hydrogens (primary N) is 1. The quantitative estimate of drug-likeness (QED) is 0.268. The first-order chi connectivity index (χ1) is 19.8. The van der Waals surface area contributed by atoms with Crippen molar-refractivity contribution in [1.82, 2.24) is 10.2 Å². The van der Waals surface area contributed by atoms with Gasteiger partial charge in [0.15, 0.2) is 0 Å². The molecule has 0 fully saturated rings. The van der Waals surface area contributed by atoms with E-state index >= 15 is 0 Å². The van der Waals surface area contributed by atoms with Crippen LogP contribution < -0.4 is 16.4 Å². The Kier molecular flexibility index (Phi) is 10.5. The SMILES string of the molecule is C=CCN(C(=O)C(CCC(N)=O)NC(=O)OC(C)(C)C)C(C(=O)Nc1ccc2ccccc2c1)c1ccc(C)cc1C. The van der Waals surface area contributed by atoms with Crippen LogP contribution >= 0.6 is 0 Å². The highest BCUT2D eigenvalue weighted by Gasteiger charge is 2.36. The molecule has 2 unspecified atom stereocenters. The summed E-state index contributed by atoms with van der Waals surface area (Å²) in [4.78, 5) is 53.9. The second-order valence-corrected chi connectivity index (χ2v) is 11.3. The van der Waals surface area contributed by atoms with Crippen molar-refractivity contribution >= 4 is 40.3 Å². The van der Waals surface area contributed by atoms with E-state index in [4.69, 9.17) is 10.5 Å². The number of alkyl carbamates (subject to hydrolysis) is 1. The molecule has 9 heteroatoms. The third-order valence-corrected chi connectivity index (χ3v) is 6.57. The molecule has 9 nitrogen and oxygen atoms in total. The highest BCUT2D eigenvalue weighted by atomic mass is 16.6. The Morgan fingerprint density at radius 3 is 2.31 bits per heavy atom. The molecular weight excluding hydrogens is 532 g/mol. The Bertz CT molecular complexity index is 1480. The van der Waals surface area contributed by atoms with Crippen LogP contribution in [-0.2, 0) is 19.1 Å². The van der Waals surface area contributed by atoms with Crippen LogP contribution in [0.3, 0.4) is 0 Å². The lowest BCUT2D eigenvalue weighted by atomic mass is 9.96. The van der Waals surface area contributed by atoms with E-state index in [0.29, 0.717) is 11.3 Å². The van der Waals surface area contributed by atoms with Crippen molar-refractivity contribution < 1.29 is 23.9 Å². The van der Waals surface area contributed by atoms with Gasteiger partial charge in [-0.3, -0.25) is 14.4 Å². The van der Waals surface area contributed by atoms with Crippen LogP contribution in [0.15, 0.2) is 73.3 Å². The van der Waals surface area contributed by atoms with Gasteiger partial charge in [0.1, 0.15) is 17.7 Å². The van der Waals surface area contributed by atoms with E-state index < -0.39 is 41.5 Å². The maximum absolute atomic E-state index is 14.1. The number of nitrogens with zero attached hydrogens (tertiary/aromatic N) is 1. The minimum absolute atomic E-state index is 0.00890. The van der Waals surface area contributed by atoms with Gasteiger partial charge in [-0.15, -0.1) is 6.58 Å². The molecule has 2 atom stereocenters. The summed E-state index contributed by atoms with van der Waals surface area (Å²) in [6, 6.07) is 16.7.